The molecule has 108 valence electrons. The lowest BCUT2D eigenvalue weighted by atomic mass is 10.1. The second kappa shape index (κ2) is 9.96. The van der Waals surface area contributed by atoms with Gasteiger partial charge in [0.15, 0.2) is 0 Å². The number of carbonyl (C=O) groups excluding carboxylic acids is 1. The van der Waals surface area contributed by atoms with Gasteiger partial charge in [0.05, 0.1) is 19.3 Å². The summed E-state index contributed by atoms with van der Waals surface area (Å²) in [4.78, 5) is 11.0. The Bertz CT molecular complexity index is 422. The van der Waals surface area contributed by atoms with Crippen LogP contribution in [0.2, 0.25) is 0 Å². The predicted octanol–water partition coefficient (Wildman–Crippen LogP) is 1.71. The number of hydrogen-bond acceptors (Lipinski definition) is 4. The molecule has 0 radical (unpaired) electrons. The zero-order valence-corrected chi connectivity index (χ0v) is 11.8. The van der Waals surface area contributed by atoms with E-state index in [1.807, 2.05) is 24.3 Å². The first kappa shape index (κ1) is 16.2. The maximum atomic E-state index is 11.0. The quantitative estimate of drug-likeness (QED) is 0.880. The molecule has 1 heterocycles. The molecule has 1 fully saturated rings. The number of morpholine rings is 1. The third kappa shape index (κ3) is 6.88. The first-order chi connectivity index (χ1) is 9.76. The number of nitrogens with zero attached hydrogens (tertiary/aromatic N) is 1. The molecular formula is C15H21N3O2. The molecule has 0 saturated carbocycles. The minimum absolute atomic E-state index is 0.102. The Morgan fingerprint density at radius 3 is 2.40 bits per heavy atom. The number of carbonyl (C=O) groups is 1. The fourth-order valence-corrected chi connectivity index (χ4v) is 1.62. The Hall–Kier alpha value is -1.90. The number of anilines is 1. The second-order valence-corrected chi connectivity index (χ2v) is 4.30. The van der Waals surface area contributed by atoms with Crippen LogP contribution in [0.4, 0.5) is 5.69 Å². The summed E-state index contributed by atoms with van der Waals surface area (Å²) < 4.78 is 5.01. The van der Waals surface area contributed by atoms with Crippen molar-refractivity contribution in [2.24, 2.45) is 0 Å². The van der Waals surface area contributed by atoms with Gasteiger partial charge in [-0.1, -0.05) is 19.1 Å². The molecule has 1 aromatic carbocycles. The first-order valence-electron chi connectivity index (χ1n) is 6.80. The van der Waals surface area contributed by atoms with Gasteiger partial charge in [-0.3, -0.25) is 4.79 Å². The zero-order valence-electron chi connectivity index (χ0n) is 11.8. The van der Waals surface area contributed by atoms with Crippen molar-refractivity contribution < 1.29 is 9.53 Å². The number of rotatable bonds is 3. The van der Waals surface area contributed by atoms with Crippen LogP contribution in [0.5, 0.6) is 0 Å². The minimum atomic E-state index is -0.267. The van der Waals surface area contributed by atoms with Gasteiger partial charge in [-0.2, -0.15) is 5.26 Å². The van der Waals surface area contributed by atoms with Crippen molar-refractivity contribution in [1.82, 2.24) is 5.32 Å². The monoisotopic (exact) mass is 275 g/mol. The molecule has 1 aliphatic heterocycles. The van der Waals surface area contributed by atoms with Crippen molar-refractivity contribution in [3.05, 3.63) is 29.8 Å². The van der Waals surface area contributed by atoms with Crippen LogP contribution < -0.4 is 10.6 Å². The fourth-order valence-electron chi connectivity index (χ4n) is 1.62. The lowest BCUT2D eigenvalue weighted by Crippen LogP contribution is -2.30. The maximum absolute atomic E-state index is 11.0. The van der Waals surface area contributed by atoms with E-state index in [4.69, 9.17) is 10.00 Å². The van der Waals surface area contributed by atoms with E-state index >= 15 is 0 Å². The molecule has 0 bridgehead atoms. The first-order valence-corrected chi connectivity index (χ1v) is 6.80. The highest BCUT2D eigenvalue weighted by Crippen LogP contribution is 2.09. The summed E-state index contributed by atoms with van der Waals surface area (Å²) in [6.07, 6.45) is 0.877. The highest BCUT2D eigenvalue weighted by atomic mass is 16.5. The Balaban J connectivity index is 0.000000276. The van der Waals surface area contributed by atoms with E-state index < -0.39 is 0 Å². The Kier molecular flexibility index (Phi) is 8.04. The Morgan fingerprint density at radius 2 is 2.00 bits per heavy atom. The van der Waals surface area contributed by atoms with Crippen LogP contribution in [-0.4, -0.2) is 32.2 Å². The number of benzene rings is 1. The third-order valence-electron chi connectivity index (χ3n) is 2.73. The summed E-state index contributed by atoms with van der Waals surface area (Å²) in [5.41, 5.74) is 1.96. The standard InChI is InChI=1S/C11H12N2O.C4H9NO/c1-2-9-3-5-10(6-4-9)13-11(14)7-8-12;1-3-6-4-2-5-1/h3-6H,2,7H2,1H3,(H,13,14);5H,1-4H2. The van der Waals surface area contributed by atoms with Crippen molar-refractivity contribution >= 4 is 11.6 Å². The normalized spacial score (nSPS) is 13.6. The largest absolute Gasteiger partial charge is 0.379 e. The summed E-state index contributed by atoms with van der Waals surface area (Å²) in [6, 6.07) is 9.40. The Morgan fingerprint density at radius 1 is 1.35 bits per heavy atom. The summed E-state index contributed by atoms with van der Waals surface area (Å²) in [6.45, 7) is 5.91. The lowest BCUT2D eigenvalue weighted by Gasteiger charge is -2.10. The van der Waals surface area contributed by atoms with E-state index in [0.717, 1.165) is 38.4 Å². The number of nitriles is 1. The van der Waals surface area contributed by atoms with Crippen molar-refractivity contribution in [3.63, 3.8) is 0 Å². The summed E-state index contributed by atoms with van der Waals surface area (Å²) in [5, 5.41) is 14.1. The van der Waals surface area contributed by atoms with Crippen LogP contribution in [0, 0.1) is 11.3 Å². The van der Waals surface area contributed by atoms with Gasteiger partial charge >= 0.3 is 0 Å². The summed E-state index contributed by atoms with van der Waals surface area (Å²) in [5.74, 6) is -0.267. The van der Waals surface area contributed by atoms with Gasteiger partial charge in [-0.15, -0.1) is 0 Å². The SMILES string of the molecule is C1COCCN1.CCc1ccc(NC(=O)CC#N)cc1. The van der Waals surface area contributed by atoms with E-state index in [0.29, 0.717) is 0 Å². The van der Waals surface area contributed by atoms with Crippen LogP contribution in [0.25, 0.3) is 0 Å². The van der Waals surface area contributed by atoms with Gasteiger partial charge in [0, 0.05) is 18.8 Å². The summed E-state index contributed by atoms with van der Waals surface area (Å²) in [7, 11) is 0. The lowest BCUT2D eigenvalue weighted by molar-refractivity contribution is -0.115. The van der Waals surface area contributed by atoms with Gasteiger partial charge < -0.3 is 15.4 Å². The van der Waals surface area contributed by atoms with E-state index in [-0.39, 0.29) is 12.3 Å². The average molecular weight is 275 g/mol. The van der Waals surface area contributed by atoms with Gasteiger partial charge in [0.25, 0.3) is 0 Å². The number of aryl methyl sites for hydroxylation is 1. The highest BCUT2D eigenvalue weighted by Gasteiger charge is 2.00. The van der Waals surface area contributed by atoms with Crippen LogP contribution in [0.1, 0.15) is 18.9 Å². The molecule has 0 spiro atoms. The average Bonchev–Trinajstić information content (AvgIpc) is 2.51. The number of amides is 1. The second-order valence-electron chi connectivity index (χ2n) is 4.30. The van der Waals surface area contributed by atoms with E-state index in [1.54, 1.807) is 6.07 Å². The third-order valence-corrected chi connectivity index (χ3v) is 2.73. The molecule has 1 saturated heterocycles. The summed E-state index contributed by atoms with van der Waals surface area (Å²) >= 11 is 0. The van der Waals surface area contributed by atoms with Crippen molar-refractivity contribution in [2.75, 3.05) is 31.6 Å². The zero-order chi connectivity index (χ0) is 14.6. The van der Waals surface area contributed by atoms with E-state index in [9.17, 15) is 4.79 Å². The molecule has 5 nitrogen and oxygen atoms in total. The molecule has 0 aromatic heterocycles. The molecule has 0 unspecified atom stereocenters. The van der Waals surface area contributed by atoms with Crippen LogP contribution in [-0.2, 0) is 16.0 Å². The number of hydrogen-bond donors (Lipinski definition) is 2. The van der Waals surface area contributed by atoms with E-state index in [1.165, 1.54) is 5.56 Å². The van der Waals surface area contributed by atoms with Crippen LogP contribution >= 0.6 is 0 Å². The van der Waals surface area contributed by atoms with Gasteiger partial charge in [-0.05, 0) is 24.1 Å². The highest BCUT2D eigenvalue weighted by molar-refractivity contribution is 5.91. The van der Waals surface area contributed by atoms with Gasteiger partial charge in [0.1, 0.15) is 6.42 Å². The van der Waals surface area contributed by atoms with Crippen molar-refractivity contribution in [1.29, 1.82) is 5.26 Å². The van der Waals surface area contributed by atoms with Crippen LogP contribution in [0.15, 0.2) is 24.3 Å². The van der Waals surface area contributed by atoms with E-state index in [2.05, 4.69) is 17.6 Å². The molecule has 1 aliphatic rings. The molecule has 2 N–H and O–H groups in total. The van der Waals surface area contributed by atoms with Crippen LogP contribution in [0.3, 0.4) is 0 Å². The molecule has 1 aromatic rings. The topological polar surface area (TPSA) is 74.2 Å². The van der Waals surface area contributed by atoms with Crippen molar-refractivity contribution in [3.8, 4) is 6.07 Å². The molecular weight excluding hydrogens is 254 g/mol. The molecule has 1 amide bonds. The molecule has 20 heavy (non-hydrogen) atoms. The minimum Gasteiger partial charge on any atom is -0.379 e. The Labute approximate surface area is 119 Å². The maximum Gasteiger partial charge on any atom is 0.238 e. The number of ether oxygens (including phenoxy) is 1. The van der Waals surface area contributed by atoms with Gasteiger partial charge in [0.2, 0.25) is 5.91 Å². The van der Waals surface area contributed by atoms with Gasteiger partial charge in [-0.25, -0.2) is 0 Å². The smallest absolute Gasteiger partial charge is 0.238 e. The molecule has 2 rings (SSSR count). The predicted molar refractivity (Wildman–Crippen MR) is 78.4 cm³/mol. The fraction of sp³-hybridized carbons (Fsp3) is 0.467. The van der Waals surface area contributed by atoms with Crippen molar-refractivity contribution in [2.45, 2.75) is 19.8 Å². The molecule has 0 aliphatic carbocycles. The molecule has 5 heteroatoms. The number of nitrogens with one attached hydrogen (secondary N) is 2. The molecule has 0 atom stereocenters.